The number of hydrogen-bond donors (Lipinski definition) is 0. The maximum Gasteiger partial charge on any atom is 0.273 e. The molecule has 1 heterocycles. The molecule has 0 spiro atoms. The van der Waals surface area contributed by atoms with Crippen molar-refractivity contribution < 1.29 is 19.3 Å². The number of hydrogen-bond acceptors (Lipinski definition) is 5. The molecule has 9 heteroatoms. The van der Waals surface area contributed by atoms with Crippen LogP contribution in [0.25, 0.3) is 0 Å². The predicted molar refractivity (Wildman–Crippen MR) is 116 cm³/mol. The van der Waals surface area contributed by atoms with Gasteiger partial charge in [0.2, 0.25) is 0 Å². The van der Waals surface area contributed by atoms with Gasteiger partial charge in [0.15, 0.2) is 0 Å². The number of benzene rings is 2. The lowest BCUT2D eigenvalue weighted by molar-refractivity contribution is -0.384. The Kier molecular flexibility index (Phi) is 5.97. The third-order valence-electron chi connectivity index (χ3n) is 6.22. The van der Waals surface area contributed by atoms with Crippen LogP contribution in [0.15, 0.2) is 48.5 Å². The Labute approximate surface area is 189 Å². The molecule has 1 aliphatic heterocycles. The highest BCUT2D eigenvalue weighted by Crippen LogP contribution is 2.41. The molecular weight excluding hydrogens is 434 g/mol. The second kappa shape index (κ2) is 8.70. The van der Waals surface area contributed by atoms with E-state index in [1.165, 1.54) is 18.2 Å². The van der Waals surface area contributed by atoms with Crippen LogP contribution in [-0.2, 0) is 16.1 Å². The minimum atomic E-state index is -0.679. The van der Waals surface area contributed by atoms with Gasteiger partial charge in [0, 0.05) is 22.7 Å². The van der Waals surface area contributed by atoms with Gasteiger partial charge in [0.1, 0.15) is 0 Å². The maximum atomic E-state index is 13.5. The molecule has 4 rings (SSSR count). The van der Waals surface area contributed by atoms with Crippen molar-refractivity contribution in [3.8, 4) is 0 Å². The maximum absolute atomic E-state index is 13.5. The molecule has 3 amide bonds. The molecule has 8 nitrogen and oxygen atoms in total. The van der Waals surface area contributed by atoms with E-state index in [4.69, 9.17) is 11.6 Å². The Morgan fingerprint density at radius 3 is 2.56 bits per heavy atom. The molecule has 0 bridgehead atoms. The van der Waals surface area contributed by atoms with Crippen LogP contribution in [-0.4, -0.2) is 32.7 Å². The van der Waals surface area contributed by atoms with Crippen molar-refractivity contribution in [2.45, 2.75) is 32.7 Å². The first kappa shape index (κ1) is 22.0. The number of nitrogens with zero attached hydrogens (tertiary/aromatic N) is 3. The Bertz CT molecular complexity index is 1100. The van der Waals surface area contributed by atoms with Crippen LogP contribution in [0.5, 0.6) is 0 Å². The topological polar surface area (TPSA) is 101 Å². The van der Waals surface area contributed by atoms with E-state index in [1.807, 2.05) is 6.92 Å². The normalized spacial score (nSPS) is 22.6. The lowest BCUT2D eigenvalue weighted by atomic mass is 9.76. The van der Waals surface area contributed by atoms with Crippen molar-refractivity contribution in [3.63, 3.8) is 0 Å². The molecule has 2 aromatic carbocycles. The molecule has 1 saturated heterocycles. The van der Waals surface area contributed by atoms with Crippen molar-refractivity contribution in [1.29, 1.82) is 0 Å². The Hall–Kier alpha value is -3.26. The molecule has 2 aromatic rings. The second-order valence-corrected chi connectivity index (χ2v) is 8.79. The number of halogens is 1. The second-order valence-electron chi connectivity index (χ2n) is 8.38. The molecule has 0 N–H and O–H groups in total. The molecule has 0 radical (unpaired) electrons. The van der Waals surface area contributed by atoms with Crippen molar-refractivity contribution in [3.05, 3.63) is 74.8 Å². The lowest BCUT2D eigenvalue weighted by Gasteiger charge is -2.31. The summed E-state index contributed by atoms with van der Waals surface area (Å²) in [6.07, 6.45) is 2.03. The standard InChI is InChI=1S/C23H22ClN3O5/c1-14-9-10-18-19(11-14)23(30)26(22(18)29)25(13-16-5-2-3-8-20(16)24)21(28)15-6-4-7-17(12-15)27(31)32/h2-8,12,14,18-19H,9-11,13H2,1H3/t14-,18+,19+/m1/s1. The van der Waals surface area contributed by atoms with Crippen LogP contribution in [0.1, 0.15) is 42.1 Å². The van der Waals surface area contributed by atoms with E-state index in [0.29, 0.717) is 29.3 Å². The Balaban J connectivity index is 1.74. The number of nitro groups is 1. The smallest absolute Gasteiger partial charge is 0.272 e. The van der Waals surface area contributed by atoms with Crippen LogP contribution in [0.2, 0.25) is 5.02 Å². The average Bonchev–Trinajstić information content (AvgIpc) is 3.02. The fourth-order valence-corrected chi connectivity index (χ4v) is 4.73. The summed E-state index contributed by atoms with van der Waals surface area (Å²) in [4.78, 5) is 50.6. The molecule has 0 unspecified atom stereocenters. The van der Waals surface area contributed by atoms with E-state index in [-0.39, 0.29) is 17.8 Å². The summed E-state index contributed by atoms with van der Waals surface area (Å²) >= 11 is 6.29. The number of carbonyl (C=O) groups excluding carboxylic acids is 3. The van der Waals surface area contributed by atoms with Crippen molar-refractivity contribution in [2.24, 2.45) is 17.8 Å². The van der Waals surface area contributed by atoms with Gasteiger partial charge in [-0.2, -0.15) is 5.01 Å². The number of imide groups is 1. The highest BCUT2D eigenvalue weighted by molar-refractivity contribution is 6.31. The Morgan fingerprint density at radius 1 is 1.12 bits per heavy atom. The molecule has 3 atom stereocenters. The van der Waals surface area contributed by atoms with Crippen LogP contribution in [0.3, 0.4) is 0 Å². The van der Waals surface area contributed by atoms with E-state index in [2.05, 4.69) is 0 Å². The fraction of sp³-hybridized carbons (Fsp3) is 0.348. The van der Waals surface area contributed by atoms with Crippen molar-refractivity contribution in [1.82, 2.24) is 10.0 Å². The predicted octanol–water partition coefficient (Wildman–Crippen LogP) is 4.23. The van der Waals surface area contributed by atoms with E-state index >= 15 is 0 Å². The third kappa shape index (κ3) is 3.98. The van der Waals surface area contributed by atoms with Gasteiger partial charge >= 0.3 is 0 Å². The van der Waals surface area contributed by atoms with Crippen molar-refractivity contribution >= 4 is 35.0 Å². The third-order valence-corrected chi connectivity index (χ3v) is 6.59. The quantitative estimate of drug-likeness (QED) is 0.381. The molecule has 0 aromatic heterocycles. The van der Waals surface area contributed by atoms with Gasteiger partial charge in [-0.25, -0.2) is 5.01 Å². The summed E-state index contributed by atoms with van der Waals surface area (Å²) in [5, 5.41) is 13.6. The average molecular weight is 456 g/mol. The number of carbonyl (C=O) groups is 3. The zero-order valence-electron chi connectivity index (χ0n) is 17.4. The SMILES string of the molecule is C[C@@H]1CC[C@@H]2C(=O)N(N(Cc3ccccc3Cl)C(=O)c3cccc([N+](=O)[O-])c3)C(=O)[C@H]2C1. The Morgan fingerprint density at radius 2 is 1.84 bits per heavy atom. The number of rotatable bonds is 5. The molecular formula is C23H22ClN3O5. The minimum Gasteiger partial charge on any atom is -0.272 e. The highest BCUT2D eigenvalue weighted by Gasteiger charge is 2.52. The monoisotopic (exact) mass is 455 g/mol. The molecule has 1 aliphatic carbocycles. The van der Waals surface area contributed by atoms with Crippen LogP contribution in [0.4, 0.5) is 5.69 Å². The largest absolute Gasteiger partial charge is 0.273 e. The molecule has 32 heavy (non-hydrogen) atoms. The summed E-state index contributed by atoms with van der Waals surface area (Å²) in [5.74, 6) is -2.09. The first-order valence-electron chi connectivity index (χ1n) is 10.5. The molecule has 2 aliphatic rings. The first-order valence-corrected chi connectivity index (χ1v) is 10.8. The van der Waals surface area contributed by atoms with E-state index in [0.717, 1.165) is 22.5 Å². The number of nitro benzene ring substituents is 1. The number of hydrazine groups is 1. The van der Waals surface area contributed by atoms with Gasteiger partial charge in [-0.3, -0.25) is 24.5 Å². The van der Waals surface area contributed by atoms with Gasteiger partial charge in [-0.1, -0.05) is 42.8 Å². The lowest BCUT2D eigenvalue weighted by Crippen LogP contribution is -2.49. The number of fused-ring (bicyclic) bond motifs is 1. The molecule has 166 valence electrons. The van der Waals surface area contributed by atoms with Crippen LogP contribution in [0, 0.1) is 27.9 Å². The summed E-state index contributed by atoms with van der Waals surface area (Å²) in [5.41, 5.74) is 0.307. The van der Waals surface area contributed by atoms with Gasteiger partial charge in [0.25, 0.3) is 23.4 Å². The van der Waals surface area contributed by atoms with Gasteiger partial charge in [-0.05, 0) is 42.9 Å². The number of non-ortho nitro benzene ring substituents is 1. The van der Waals surface area contributed by atoms with E-state index in [9.17, 15) is 24.5 Å². The summed E-state index contributed by atoms with van der Waals surface area (Å²) < 4.78 is 0. The van der Waals surface area contributed by atoms with Crippen molar-refractivity contribution in [2.75, 3.05) is 0 Å². The van der Waals surface area contributed by atoms with Crippen LogP contribution < -0.4 is 0 Å². The molecule has 1 saturated carbocycles. The van der Waals surface area contributed by atoms with E-state index in [1.54, 1.807) is 24.3 Å². The highest BCUT2D eigenvalue weighted by atomic mass is 35.5. The fourth-order valence-electron chi connectivity index (χ4n) is 4.53. The zero-order chi connectivity index (χ0) is 23.0. The first-order chi connectivity index (χ1) is 15.3. The number of amides is 3. The van der Waals surface area contributed by atoms with Gasteiger partial charge < -0.3 is 0 Å². The minimum absolute atomic E-state index is 0.00935. The van der Waals surface area contributed by atoms with E-state index < -0.39 is 34.5 Å². The summed E-state index contributed by atoms with van der Waals surface area (Å²) in [6.45, 7) is 1.93. The zero-order valence-corrected chi connectivity index (χ0v) is 18.2. The summed E-state index contributed by atoms with van der Waals surface area (Å²) in [6, 6.07) is 12.1. The molecule has 2 fully saturated rings. The van der Waals surface area contributed by atoms with Gasteiger partial charge in [0.05, 0.1) is 23.3 Å². The van der Waals surface area contributed by atoms with Crippen LogP contribution >= 0.6 is 11.6 Å². The summed E-state index contributed by atoms with van der Waals surface area (Å²) in [7, 11) is 0. The van der Waals surface area contributed by atoms with Gasteiger partial charge in [-0.15, -0.1) is 0 Å².